The van der Waals surface area contributed by atoms with Crippen LogP contribution >= 0.6 is 22.6 Å². The van der Waals surface area contributed by atoms with Crippen LogP contribution in [0.3, 0.4) is 0 Å². The standard InChI is InChI=1S/C13H14INO5/c1-19-13(18)10(16)11-12(17)15(6-7-20-11)9-4-2-8(14)3-5-9/h2-5,10-11,16H,6-7H2,1H3/t10-,11-/m1/s1. The molecular weight excluding hydrogens is 377 g/mol. The van der Waals surface area contributed by atoms with Gasteiger partial charge in [0.25, 0.3) is 5.91 Å². The summed E-state index contributed by atoms with van der Waals surface area (Å²) < 4.78 is 10.7. The number of hydrogen-bond donors (Lipinski definition) is 1. The van der Waals surface area contributed by atoms with Crippen LogP contribution in [0.2, 0.25) is 0 Å². The van der Waals surface area contributed by atoms with Crippen LogP contribution in [0.1, 0.15) is 0 Å². The van der Waals surface area contributed by atoms with E-state index < -0.39 is 24.1 Å². The van der Waals surface area contributed by atoms with Gasteiger partial charge in [-0.2, -0.15) is 0 Å². The molecule has 0 saturated carbocycles. The second-order valence-corrected chi connectivity index (χ2v) is 5.47. The summed E-state index contributed by atoms with van der Waals surface area (Å²) in [6.45, 7) is 0.625. The van der Waals surface area contributed by atoms with Gasteiger partial charge in [-0.1, -0.05) is 0 Å². The summed E-state index contributed by atoms with van der Waals surface area (Å²) in [5, 5.41) is 9.77. The van der Waals surface area contributed by atoms with Gasteiger partial charge in [0.1, 0.15) is 0 Å². The first-order valence-corrected chi connectivity index (χ1v) is 7.07. The van der Waals surface area contributed by atoms with E-state index in [1.165, 1.54) is 4.90 Å². The Kier molecular flexibility index (Phi) is 4.95. The van der Waals surface area contributed by atoms with Crippen LogP contribution < -0.4 is 4.90 Å². The van der Waals surface area contributed by atoms with E-state index in [0.29, 0.717) is 12.2 Å². The number of esters is 1. The third kappa shape index (κ3) is 3.10. The number of nitrogens with zero attached hydrogens (tertiary/aromatic N) is 1. The monoisotopic (exact) mass is 391 g/mol. The van der Waals surface area contributed by atoms with E-state index in [-0.39, 0.29) is 6.61 Å². The Morgan fingerprint density at radius 3 is 2.75 bits per heavy atom. The van der Waals surface area contributed by atoms with Crippen LogP contribution in [-0.4, -0.2) is 49.5 Å². The second kappa shape index (κ2) is 6.51. The summed E-state index contributed by atoms with van der Waals surface area (Å²) in [6, 6.07) is 7.38. The average Bonchev–Trinajstić information content (AvgIpc) is 2.47. The number of anilines is 1. The smallest absolute Gasteiger partial charge is 0.338 e. The molecule has 2 rings (SSSR count). The maximum Gasteiger partial charge on any atom is 0.338 e. The largest absolute Gasteiger partial charge is 0.467 e. The summed E-state index contributed by atoms with van der Waals surface area (Å²) in [5.41, 5.74) is 0.709. The molecular formula is C13H14INO5. The zero-order valence-electron chi connectivity index (χ0n) is 10.8. The highest BCUT2D eigenvalue weighted by Gasteiger charge is 2.39. The Hall–Kier alpha value is -1.19. The van der Waals surface area contributed by atoms with Crippen LogP contribution in [0, 0.1) is 3.57 Å². The van der Waals surface area contributed by atoms with Crippen molar-refractivity contribution in [1.82, 2.24) is 0 Å². The molecule has 1 aliphatic heterocycles. The van der Waals surface area contributed by atoms with Crippen molar-refractivity contribution in [3.8, 4) is 0 Å². The normalized spacial score (nSPS) is 20.6. The van der Waals surface area contributed by atoms with Gasteiger partial charge < -0.3 is 19.5 Å². The maximum absolute atomic E-state index is 12.3. The van der Waals surface area contributed by atoms with Crippen molar-refractivity contribution >= 4 is 40.2 Å². The Labute approximate surface area is 129 Å². The number of ether oxygens (including phenoxy) is 2. The molecule has 0 spiro atoms. The molecule has 0 aliphatic carbocycles. The first kappa shape index (κ1) is 15.2. The van der Waals surface area contributed by atoms with Gasteiger partial charge in [0, 0.05) is 15.8 Å². The highest BCUT2D eigenvalue weighted by molar-refractivity contribution is 14.1. The average molecular weight is 391 g/mol. The lowest BCUT2D eigenvalue weighted by Crippen LogP contribution is -2.54. The minimum Gasteiger partial charge on any atom is -0.467 e. The minimum absolute atomic E-state index is 0.246. The lowest BCUT2D eigenvalue weighted by molar-refractivity contribution is -0.166. The van der Waals surface area contributed by atoms with Gasteiger partial charge in [-0.15, -0.1) is 0 Å². The predicted octanol–water partition coefficient (Wildman–Crippen LogP) is 0.557. The highest BCUT2D eigenvalue weighted by atomic mass is 127. The van der Waals surface area contributed by atoms with Crippen LogP contribution in [-0.2, 0) is 19.1 Å². The highest BCUT2D eigenvalue weighted by Crippen LogP contribution is 2.21. The summed E-state index contributed by atoms with van der Waals surface area (Å²) >= 11 is 2.17. The van der Waals surface area contributed by atoms with Crippen molar-refractivity contribution in [2.75, 3.05) is 25.2 Å². The van der Waals surface area contributed by atoms with Crippen molar-refractivity contribution in [2.45, 2.75) is 12.2 Å². The molecule has 1 aromatic rings. The molecule has 1 N–H and O–H groups in total. The molecule has 1 amide bonds. The number of morpholine rings is 1. The molecule has 0 radical (unpaired) electrons. The molecule has 0 aromatic heterocycles. The SMILES string of the molecule is COC(=O)[C@H](O)[C@H]1OCCN(c2ccc(I)cc2)C1=O. The van der Waals surface area contributed by atoms with Crippen molar-refractivity contribution < 1.29 is 24.2 Å². The number of halogens is 1. The number of amides is 1. The number of benzene rings is 1. The first-order valence-electron chi connectivity index (χ1n) is 5.99. The number of aliphatic hydroxyl groups excluding tert-OH is 1. The third-order valence-electron chi connectivity index (χ3n) is 2.99. The Morgan fingerprint density at radius 2 is 2.15 bits per heavy atom. The van der Waals surface area contributed by atoms with Gasteiger partial charge in [0.15, 0.2) is 12.2 Å². The fourth-order valence-corrected chi connectivity index (χ4v) is 2.31. The number of carbonyl (C=O) groups is 2. The molecule has 1 aliphatic rings. The molecule has 7 heteroatoms. The van der Waals surface area contributed by atoms with Crippen LogP contribution in [0.5, 0.6) is 0 Å². The van der Waals surface area contributed by atoms with Crippen LogP contribution in [0.15, 0.2) is 24.3 Å². The first-order chi connectivity index (χ1) is 9.54. The number of carbonyl (C=O) groups excluding carboxylic acids is 2. The maximum atomic E-state index is 12.3. The van der Waals surface area contributed by atoms with E-state index in [1.807, 2.05) is 24.3 Å². The summed E-state index contributed by atoms with van der Waals surface area (Å²) in [6.07, 6.45) is -2.84. The number of hydrogen-bond acceptors (Lipinski definition) is 5. The number of rotatable bonds is 3. The molecule has 0 bridgehead atoms. The number of aliphatic hydroxyl groups is 1. The molecule has 2 atom stereocenters. The Morgan fingerprint density at radius 1 is 1.50 bits per heavy atom. The summed E-state index contributed by atoms with van der Waals surface area (Å²) in [4.78, 5) is 25.1. The molecule has 1 aromatic carbocycles. The fraction of sp³-hybridized carbons (Fsp3) is 0.385. The van der Waals surface area contributed by atoms with Crippen molar-refractivity contribution in [3.63, 3.8) is 0 Å². The lowest BCUT2D eigenvalue weighted by atomic mass is 10.1. The molecule has 20 heavy (non-hydrogen) atoms. The zero-order chi connectivity index (χ0) is 14.7. The minimum atomic E-state index is -1.61. The van der Waals surface area contributed by atoms with Gasteiger partial charge in [0.2, 0.25) is 0 Å². The summed E-state index contributed by atoms with van der Waals surface area (Å²) in [7, 11) is 1.15. The van der Waals surface area contributed by atoms with E-state index in [0.717, 1.165) is 10.7 Å². The summed E-state index contributed by atoms with van der Waals surface area (Å²) in [5.74, 6) is -1.33. The molecule has 0 unspecified atom stereocenters. The predicted molar refractivity (Wildman–Crippen MR) is 79.3 cm³/mol. The van der Waals surface area contributed by atoms with Crippen molar-refractivity contribution in [3.05, 3.63) is 27.8 Å². The van der Waals surface area contributed by atoms with E-state index in [9.17, 15) is 14.7 Å². The van der Waals surface area contributed by atoms with Gasteiger partial charge in [-0.3, -0.25) is 4.79 Å². The molecule has 1 fully saturated rings. The van der Waals surface area contributed by atoms with Crippen molar-refractivity contribution in [2.24, 2.45) is 0 Å². The zero-order valence-corrected chi connectivity index (χ0v) is 12.9. The van der Waals surface area contributed by atoms with Gasteiger partial charge in [0.05, 0.1) is 13.7 Å². The fourth-order valence-electron chi connectivity index (χ4n) is 1.95. The van der Waals surface area contributed by atoms with Gasteiger partial charge in [-0.05, 0) is 46.9 Å². The lowest BCUT2D eigenvalue weighted by Gasteiger charge is -2.33. The van der Waals surface area contributed by atoms with E-state index in [1.54, 1.807) is 0 Å². The molecule has 1 saturated heterocycles. The van der Waals surface area contributed by atoms with Gasteiger partial charge in [-0.25, -0.2) is 4.79 Å². The van der Waals surface area contributed by atoms with E-state index in [4.69, 9.17) is 4.74 Å². The second-order valence-electron chi connectivity index (χ2n) is 4.23. The molecule has 108 valence electrons. The topological polar surface area (TPSA) is 76.1 Å². The Bertz CT molecular complexity index is 504. The van der Waals surface area contributed by atoms with Gasteiger partial charge >= 0.3 is 5.97 Å². The molecule has 1 heterocycles. The quantitative estimate of drug-likeness (QED) is 0.602. The van der Waals surface area contributed by atoms with Crippen LogP contribution in [0.25, 0.3) is 0 Å². The van der Waals surface area contributed by atoms with E-state index in [2.05, 4.69) is 27.3 Å². The molecule has 6 nitrogen and oxygen atoms in total. The third-order valence-corrected chi connectivity index (χ3v) is 3.71. The van der Waals surface area contributed by atoms with E-state index >= 15 is 0 Å². The number of methoxy groups -OCH3 is 1. The Balaban J connectivity index is 2.18. The van der Waals surface area contributed by atoms with Crippen LogP contribution in [0.4, 0.5) is 5.69 Å². The van der Waals surface area contributed by atoms with Crippen molar-refractivity contribution in [1.29, 1.82) is 0 Å².